The highest BCUT2D eigenvalue weighted by atomic mass is 15.7. The van der Waals surface area contributed by atoms with E-state index in [9.17, 15) is 0 Å². The van der Waals surface area contributed by atoms with Crippen molar-refractivity contribution in [1.82, 2.24) is 16.0 Å². The van der Waals surface area contributed by atoms with Crippen molar-refractivity contribution in [2.75, 3.05) is 33.1 Å². The first-order valence-corrected chi connectivity index (χ1v) is 5.06. The summed E-state index contributed by atoms with van der Waals surface area (Å²) in [5.41, 5.74) is 8.59. The quantitative estimate of drug-likeness (QED) is 0.702. The molecule has 4 heteroatoms. The molecular weight excluding hydrogens is 188 g/mol. The highest BCUT2D eigenvalue weighted by Gasteiger charge is 2.01. The fraction of sp³-hybridized carbons (Fsp3) is 0.455. The zero-order valence-electron chi connectivity index (χ0n) is 9.91. The summed E-state index contributed by atoms with van der Waals surface area (Å²) < 4.78 is 0. The van der Waals surface area contributed by atoms with Gasteiger partial charge in [0.05, 0.1) is 6.54 Å². The topological polar surface area (TPSA) is 30.5 Å². The molecule has 0 amide bonds. The van der Waals surface area contributed by atoms with Gasteiger partial charge in [-0.1, -0.05) is 12.1 Å². The lowest BCUT2D eigenvalue weighted by molar-refractivity contribution is 0.136. The molecule has 0 aliphatic heterocycles. The van der Waals surface area contributed by atoms with E-state index >= 15 is 0 Å². The second-order valence-corrected chi connectivity index (χ2v) is 3.59. The Morgan fingerprint density at radius 1 is 1.00 bits per heavy atom. The van der Waals surface area contributed by atoms with Crippen LogP contribution in [0.5, 0.6) is 0 Å². The van der Waals surface area contributed by atoms with Crippen LogP contribution in [0, 0.1) is 0 Å². The highest BCUT2D eigenvalue weighted by Crippen LogP contribution is 2.12. The number of hydrogen-bond donors (Lipinski definition) is 2. The van der Waals surface area contributed by atoms with Crippen molar-refractivity contribution in [2.45, 2.75) is 6.54 Å². The second kappa shape index (κ2) is 5.70. The summed E-state index contributed by atoms with van der Waals surface area (Å²) in [4.78, 5) is 2.09. The zero-order chi connectivity index (χ0) is 11.3. The third-order valence-electron chi connectivity index (χ3n) is 2.33. The van der Waals surface area contributed by atoms with E-state index in [1.165, 1.54) is 11.3 Å². The van der Waals surface area contributed by atoms with Crippen LogP contribution in [0.4, 0.5) is 5.69 Å². The highest BCUT2D eigenvalue weighted by molar-refractivity contribution is 5.45. The Morgan fingerprint density at radius 2 is 1.53 bits per heavy atom. The van der Waals surface area contributed by atoms with Crippen LogP contribution in [0.3, 0.4) is 0 Å². The molecule has 84 valence electrons. The lowest BCUT2D eigenvalue weighted by atomic mass is 10.2. The summed E-state index contributed by atoms with van der Waals surface area (Å²) >= 11 is 0. The van der Waals surface area contributed by atoms with Gasteiger partial charge in [-0.05, 0) is 17.7 Å². The smallest absolute Gasteiger partial charge is 0.0538 e. The number of anilines is 1. The van der Waals surface area contributed by atoms with Crippen molar-refractivity contribution in [3.63, 3.8) is 0 Å². The molecule has 0 fully saturated rings. The molecule has 15 heavy (non-hydrogen) atoms. The van der Waals surface area contributed by atoms with Crippen molar-refractivity contribution in [1.29, 1.82) is 0 Å². The SMILES string of the molecule is CNN(Cc1ccc(N(C)C)cc1)NC. The molecule has 0 saturated carbocycles. The molecule has 0 radical (unpaired) electrons. The molecule has 1 rings (SSSR count). The Labute approximate surface area is 91.8 Å². The molecule has 4 nitrogen and oxygen atoms in total. The van der Waals surface area contributed by atoms with Crippen LogP contribution in [-0.2, 0) is 6.54 Å². The minimum Gasteiger partial charge on any atom is -0.378 e. The van der Waals surface area contributed by atoms with Crippen molar-refractivity contribution in [3.05, 3.63) is 29.8 Å². The van der Waals surface area contributed by atoms with Gasteiger partial charge in [-0.2, -0.15) is 5.12 Å². The predicted octanol–water partition coefficient (Wildman–Crippen LogP) is 0.823. The van der Waals surface area contributed by atoms with Gasteiger partial charge in [-0.15, -0.1) is 0 Å². The van der Waals surface area contributed by atoms with Gasteiger partial charge in [0.2, 0.25) is 0 Å². The van der Waals surface area contributed by atoms with Crippen molar-refractivity contribution < 1.29 is 0 Å². The predicted molar refractivity (Wildman–Crippen MR) is 64.4 cm³/mol. The van der Waals surface area contributed by atoms with Gasteiger partial charge in [0.25, 0.3) is 0 Å². The summed E-state index contributed by atoms with van der Waals surface area (Å²) in [5, 5.41) is 1.92. The molecule has 0 heterocycles. The van der Waals surface area contributed by atoms with E-state index in [2.05, 4.69) is 40.0 Å². The van der Waals surface area contributed by atoms with Crippen molar-refractivity contribution >= 4 is 5.69 Å². The van der Waals surface area contributed by atoms with E-state index < -0.39 is 0 Å². The molecule has 0 bridgehead atoms. The van der Waals surface area contributed by atoms with E-state index in [4.69, 9.17) is 0 Å². The molecule has 0 aromatic heterocycles. The van der Waals surface area contributed by atoms with Crippen molar-refractivity contribution in [2.24, 2.45) is 0 Å². The van der Waals surface area contributed by atoms with Gasteiger partial charge < -0.3 is 4.90 Å². The van der Waals surface area contributed by atoms with Crippen LogP contribution in [0.15, 0.2) is 24.3 Å². The number of hydrogen-bond acceptors (Lipinski definition) is 4. The first-order chi connectivity index (χ1) is 7.17. The number of hydrazine groups is 2. The van der Waals surface area contributed by atoms with E-state index in [-0.39, 0.29) is 0 Å². The molecule has 0 saturated heterocycles. The molecule has 0 aliphatic carbocycles. The fourth-order valence-corrected chi connectivity index (χ4v) is 1.35. The standard InChI is InChI=1S/C11H20N4/c1-12-15(13-2)9-10-5-7-11(8-6-10)14(3)4/h5-8,12-13H,9H2,1-4H3. The third kappa shape index (κ3) is 3.51. The van der Waals surface area contributed by atoms with E-state index in [0.717, 1.165) is 6.54 Å². The van der Waals surface area contributed by atoms with Gasteiger partial charge >= 0.3 is 0 Å². The van der Waals surface area contributed by atoms with E-state index in [1.807, 2.05) is 33.3 Å². The monoisotopic (exact) mass is 208 g/mol. The minimum atomic E-state index is 0.834. The summed E-state index contributed by atoms with van der Waals surface area (Å²) in [6.07, 6.45) is 0. The Balaban J connectivity index is 2.63. The largest absolute Gasteiger partial charge is 0.378 e. The summed E-state index contributed by atoms with van der Waals surface area (Å²) in [6.45, 7) is 0.834. The van der Waals surface area contributed by atoms with Crippen LogP contribution in [0.1, 0.15) is 5.56 Å². The number of rotatable bonds is 5. The maximum absolute atomic E-state index is 3.05. The van der Waals surface area contributed by atoms with Crippen molar-refractivity contribution in [3.8, 4) is 0 Å². The van der Waals surface area contributed by atoms with E-state index in [1.54, 1.807) is 0 Å². The van der Waals surface area contributed by atoms with Crippen LogP contribution in [0.2, 0.25) is 0 Å². The number of benzene rings is 1. The van der Waals surface area contributed by atoms with Crippen LogP contribution < -0.4 is 15.8 Å². The van der Waals surface area contributed by atoms with Gasteiger partial charge in [0, 0.05) is 33.9 Å². The second-order valence-electron chi connectivity index (χ2n) is 3.59. The molecule has 1 aromatic rings. The third-order valence-corrected chi connectivity index (χ3v) is 2.33. The first kappa shape index (κ1) is 12.0. The van der Waals surface area contributed by atoms with Crippen LogP contribution in [-0.4, -0.2) is 33.3 Å². The van der Waals surface area contributed by atoms with Gasteiger partial charge in [-0.3, -0.25) is 0 Å². The summed E-state index contributed by atoms with van der Waals surface area (Å²) in [7, 11) is 7.88. The number of nitrogens with zero attached hydrogens (tertiary/aromatic N) is 2. The molecular formula is C11H20N4. The Kier molecular flexibility index (Phi) is 4.55. The van der Waals surface area contributed by atoms with Crippen LogP contribution in [0.25, 0.3) is 0 Å². The first-order valence-electron chi connectivity index (χ1n) is 5.06. The maximum atomic E-state index is 3.05. The normalized spacial score (nSPS) is 10.7. The Hall–Kier alpha value is -1.10. The minimum absolute atomic E-state index is 0.834. The van der Waals surface area contributed by atoms with Gasteiger partial charge in [0.15, 0.2) is 0 Å². The molecule has 1 aromatic carbocycles. The van der Waals surface area contributed by atoms with Gasteiger partial charge in [0.1, 0.15) is 0 Å². The molecule has 0 spiro atoms. The lowest BCUT2D eigenvalue weighted by Crippen LogP contribution is -2.43. The average molecular weight is 208 g/mol. The molecule has 2 N–H and O–H groups in total. The van der Waals surface area contributed by atoms with E-state index in [0.29, 0.717) is 0 Å². The average Bonchev–Trinajstić information content (AvgIpc) is 2.26. The zero-order valence-corrected chi connectivity index (χ0v) is 9.91. The number of nitrogens with one attached hydrogen (secondary N) is 2. The molecule has 0 unspecified atom stereocenters. The summed E-state index contributed by atoms with van der Waals surface area (Å²) in [5.74, 6) is 0. The Bertz CT molecular complexity index is 277. The molecule has 0 aliphatic rings. The van der Waals surface area contributed by atoms with Crippen LogP contribution >= 0.6 is 0 Å². The summed E-state index contributed by atoms with van der Waals surface area (Å²) in [6, 6.07) is 8.52. The maximum Gasteiger partial charge on any atom is 0.0538 e. The van der Waals surface area contributed by atoms with Gasteiger partial charge in [-0.25, -0.2) is 10.9 Å². The Morgan fingerprint density at radius 3 is 1.93 bits per heavy atom. The fourth-order valence-electron chi connectivity index (χ4n) is 1.35. The lowest BCUT2D eigenvalue weighted by Gasteiger charge is -2.20. The molecule has 0 atom stereocenters.